The Kier molecular flexibility index (Phi) is 12.2. The Morgan fingerprint density at radius 2 is 1.71 bits per heavy atom. The maximum Gasteiger partial charge on any atom is 0.337 e. The minimum Gasteiger partial charge on any atom is -0.489 e. The first kappa shape index (κ1) is 29.7. The molecule has 0 radical (unpaired) electrons. The number of esters is 1. The van der Waals surface area contributed by atoms with Gasteiger partial charge in [-0.25, -0.2) is 9.78 Å². The molecule has 9 nitrogen and oxygen atoms in total. The fraction of sp³-hybridized carbons (Fsp3) is 0.276. The average molecular weight is 521 g/mol. The first-order chi connectivity index (χ1) is 18.4. The fourth-order valence-corrected chi connectivity index (χ4v) is 3.21. The number of hydrogen-bond acceptors (Lipinski definition) is 8. The van der Waals surface area contributed by atoms with Crippen LogP contribution in [0.15, 0.2) is 65.8 Å². The number of ether oxygens (including phenoxy) is 4. The Balaban J connectivity index is 0.00000247. The highest BCUT2D eigenvalue weighted by atomic mass is 16.5. The molecule has 3 aromatic rings. The van der Waals surface area contributed by atoms with Crippen LogP contribution >= 0.6 is 0 Å². The molecular weight excluding hydrogens is 484 g/mol. The van der Waals surface area contributed by atoms with Crippen molar-refractivity contribution >= 4 is 17.9 Å². The number of hydrogen-bond donors (Lipinski definition) is 2. The monoisotopic (exact) mass is 520 g/mol. The van der Waals surface area contributed by atoms with E-state index in [0.29, 0.717) is 35.0 Å². The number of benzene rings is 2. The van der Waals surface area contributed by atoms with Gasteiger partial charge in [0, 0.05) is 11.6 Å². The van der Waals surface area contributed by atoms with E-state index in [0.717, 1.165) is 17.0 Å². The minimum atomic E-state index is -0.487. The second-order valence-electron chi connectivity index (χ2n) is 7.78. The maximum atomic E-state index is 11.9. The van der Waals surface area contributed by atoms with E-state index >= 15 is 0 Å². The lowest BCUT2D eigenvalue weighted by Crippen LogP contribution is -2.23. The van der Waals surface area contributed by atoms with E-state index in [1.54, 1.807) is 24.3 Å². The molecule has 0 saturated carbocycles. The smallest absolute Gasteiger partial charge is 0.337 e. The summed E-state index contributed by atoms with van der Waals surface area (Å²) in [6.45, 7) is 8.44. The van der Waals surface area contributed by atoms with Crippen LogP contribution in [0.3, 0.4) is 0 Å². The van der Waals surface area contributed by atoms with E-state index in [4.69, 9.17) is 30.5 Å². The number of amidine groups is 1. The summed E-state index contributed by atoms with van der Waals surface area (Å²) >= 11 is 0. The summed E-state index contributed by atoms with van der Waals surface area (Å²) in [5, 5.41) is 3.39. The molecule has 0 spiro atoms. The Hall–Kier alpha value is -4.53. The van der Waals surface area contributed by atoms with Crippen LogP contribution in [0.5, 0.6) is 17.2 Å². The molecule has 3 rings (SSSR count). The Morgan fingerprint density at radius 3 is 2.37 bits per heavy atom. The lowest BCUT2D eigenvalue weighted by molar-refractivity contribution is 0.0600. The van der Waals surface area contributed by atoms with Crippen LogP contribution in [0.2, 0.25) is 0 Å². The van der Waals surface area contributed by atoms with Crippen molar-refractivity contribution in [1.82, 2.24) is 4.98 Å². The largest absolute Gasteiger partial charge is 0.489 e. The number of aromatic nitrogens is 1. The van der Waals surface area contributed by atoms with Gasteiger partial charge in [-0.3, -0.25) is 0 Å². The van der Waals surface area contributed by atoms with Gasteiger partial charge >= 0.3 is 5.97 Å². The molecule has 0 unspecified atom stereocenters. The second-order valence-corrected chi connectivity index (χ2v) is 7.78. The normalized spacial score (nSPS) is 10.9. The number of pyridine rings is 1. The van der Waals surface area contributed by atoms with Crippen LogP contribution < -0.4 is 25.8 Å². The number of carbonyl (C=O) groups is 1. The molecule has 0 amide bonds. The molecule has 9 heteroatoms. The molecule has 0 atom stereocenters. The number of hydrazone groups is 1. The lowest BCUT2D eigenvalue weighted by Gasteiger charge is -2.14. The van der Waals surface area contributed by atoms with Gasteiger partial charge in [-0.15, -0.1) is 0 Å². The lowest BCUT2D eigenvalue weighted by atomic mass is 10.1. The molecule has 202 valence electrons. The first-order valence-electron chi connectivity index (χ1n) is 12.2. The van der Waals surface area contributed by atoms with Crippen molar-refractivity contribution in [2.45, 2.75) is 40.9 Å². The Labute approximate surface area is 224 Å². The van der Waals surface area contributed by atoms with Crippen LogP contribution in [0.4, 0.5) is 0 Å². The summed E-state index contributed by atoms with van der Waals surface area (Å²) in [6, 6.07) is 16.2. The molecule has 0 saturated heterocycles. The summed E-state index contributed by atoms with van der Waals surface area (Å²) in [5.74, 6) is 6.45. The van der Waals surface area contributed by atoms with Gasteiger partial charge in [0.15, 0.2) is 5.84 Å². The van der Waals surface area contributed by atoms with Crippen LogP contribution in [-0.2, 0) is 18.0 Å². The van der Waals surface area contributed by atoms with Crippen molar-refractivity contribution in [3.8, 4) is 17.2 Å². The molecule has 0 aliphatic carbocycles. The van der Waals surface area contributed by atoms with E-state index in [1.165, 1.54) is 7.11 Å². The van der Waals surface area contributed by atoms with Crippen LogP contribution in [-0.4, -0.2) is 30.5 Å². The van der Waals surface area contributed by atoms with Gasteiger partial charge in [-0.1, -0.05) is 38.1 Å². The molecule has 0 bridgehead atoms. The van der Waals surface area contributed by atoms with Crippen LogP contribution in [0.25, 0.3) is 6.08 Å². The molecule has 1 aromatic heterocycles. The molecule has 0 fully saturated rings. The van der Waals surface area contributed by atoms with Crippen molar-refractivity contribution in [3.05, 3.63) is 88.8 Å². The standard InChI is InChI=1S/C27H30N4O5.C2H6/c1-4-6-24-18(2)9-12-21(30-24)16-35-23-8-5-7-22(14-23)34-15-20-11-10-19(27(32)33-3)13-25(20)36-17-26(28)31-29;1-2/h4-14H,15-17,29H2,1-3H3,(H2,28,31);1-2H3/b6-4-;. The fourth-order valence-electron chi connectivity index (χ4n) is 3.21. The zero-order chi connectivity index (χ0) is 27.9. The number of rotatable bonds is 11. The van der Waals surface area contributed by atoms with E-state index in [2.05, 4.69) is 10.1 Å². The third-order valence-electron chi connectivity index (χ3n) is 5.13. The molecule has 38 heavy (non-hydrogen) atoms. The predicted molar refractivity (Wildman–Crippen MR) is 149 cm³/mol. The number of carbonyl (C=O) groups excluding carboxylic acids is 1. The van der Waals surface area contributed by atoms with E-state index in [1.807, 2.05) is 70.2 Å². The predicted octanol–water partition coefficient (Wildman–Crippen LogP) is 5.00. The Morgan fingerprint density at radius 1 is 1.00 bits per heavy atom. The third-order valence-corrected chi connectivity index (χ3v) is 5.13. The van der Waals surface area contributed by atoms with Crippen molar-refractivity contribution in [1.29, 1.82) is 0 Å². The van der Waals surface area contributed by atoms with Crippen molar-refractivity contribution in [2.24, 2.45) is 16.7 Å². The van der Waals surface area contributed by atoms with Gasteiger partial charge in [-0.05, 0) is 55.8 Å². The summed E-state index contributed by atoms with van der Waals surface area (Å²) in [6.07, 6.45) is 3.93. The van der Waals surface area contributed by atoms with Gasteiger partial charge < -0.3 is 30.5 Å². The van der Waals surface area contributed by atoms with Gasteiger partial charge in [0.05, 0.1) is 24.1 Å². The topological polar surface area (TPSA) is 131 Å². The summed E-state index contributed by atoms with van der Waals surface area (Å²) < 4.78 is 22.4. The van der Waals surface area contributed by atoms with E-state index < -0.39 is 5.97 Å². The van der Waals surface area contributed by atoms with Crippen molar-refractivity contribution < 1.29 is 23.7 Å². The highest BCUT2D eigenvalue weighted by Crippen LogP contribution is 2.25. The van der Waals surface area contributed by atoms with Crippen LogP contribution in [0.1, 0.15) is 53.6 Å². The highest BCUT2D eigenvalue weighted by molar-refractivity contribution is 5.90. The van der Waals surface area contributed by atoms with Gasteiger partial charge in [0.1, 0.15) is 37.1 Å². The maximum absolute atomic E-state index is 11.9. The zero-order valence-electron chi connectivity index (χ0n) is 22.6. The van der Waals surface area contributed by atoms with Gasteiger partial charge in [0.25, 0.3) is 0 Å². The highest BCUT2D eigenvalue weighted by Gasteiger charge is 2.13. The first-order valence-corrected chi connectivity index (χ1v) is 12.2. The van der Waals surface area contributed by atoms with Gasteiger partial charge in [0.2, 0.25) is 0 Å². The van der Waals surface area contributed by atoms with Gasteiger partial charge in [-0.2, -0.15) is 5.10 Å². The molecule has 2 aromatic carbocycles. The zero-order valence-corrected chi connectivity index (χ0v) is 22.6. The van der Waals surface area contributed by atoms with E-state index in [-0.39, 0.29) is 19.0 Å². The second kappa shape index (κ2) is 15.6. The summed E-state index contributed by atoms with van der Waals surface area (Å²) in [7, 11) is 1.31. The quantitative estimate of drug-likeness (QED) is 0.119. The van der Waals surface area contributed by atoms with E-state index in [9.17, 15) is 4.79 Å². The SMILES string of the molecule is C/C=C\c1nc(COc2cccc(OCc3ccc(C(=O)OC)cc3OC/C(N)=N/N)c2)ccc1C.CC. The minimum absolute atomic E-state index is 0.0414. The van der Waals surface area contributed by atoms with Crippen molar-refractivity contribution in [3.63, 3.8) is 0 Å². The number of aryl methyl sites for hydroxylation is 1. The molecule has 0 aliphatic rings. The van der Waals surface area contributed by atoms with Crippen molar-refractivity contribution in [2.75, 3.05) is 13.7 Å². The molecule has 4 N–H and O–H groups in total. The third kappa shape index (κ3) is 8.85. The summed E-state index contributed by atoms with van der Waals surface area (Å²) in [4.78, 5) is 16.6. The summed E-state index contributed by atoms with van der Waals surface area (Å²) in [5.41, 5.74) is 9.51. The average Bonchev–Trinajstić information content (AvgIpc) is 2.96. The molecule has 0 aliphatic heterocycles. The number of nitrogens with zero attached hydrogens (tertiary/aromatic N) is 2. The molecular formula is C29H36N4O5. The Bertz CT molecular complexity index is 1260. The van der Waals surface area contributed by atoms with Crippen LogP contribution in [0, 0.1) is 6.92 Å². The number of methoxy groups -OCH3 is 1. The number of allylic oxidation sites excluding steroid dienone is 1. The number of nitrogens with two attached hydrogens (primary N) is 2. The molecule has 1 heterocycles.